The molecule has 3 aromatic carbocycles. The van der Waals surface area contributed by atoms with Crippen molar-refractivity contribution in [2.45, 2.75) is 30.4 Å². The summed E-state index contributed by atoms with van der Waals surface area (Å²) in [4.78, 5) is 26.0. The second-order valence-corrected chi connectivity index (χ2v) is 8.14. The van der Waals surface area contributed by atoms with E-state index in [9.17, 15) is 14.0 Å². The van der Waals surface area contributed by atoms with E-state index in [2.05, 4.69) is 10.6 Å². The summed E-state index contributed by atoms with van der Waals surface area (Å²) in [5.41, 5.74) is 2.84. The number of hydrogen-bond acceptors (Lipinski definition) is 3. The molecule has 30 heavy (non-hydrogen) atoms. The summed E-state index contributed by atoms with van der Waals surface area (Å²) in [5.74, 6) is -0.677. The summed E-state index contributed by atoms with van der Waals surface area (Å²) in [6, 6.07) is 20.5. The number of rotatable bonds is 7. The van der Waals surface area contributed by atoms with Crippen LogP contribution in [0.5, 0.6) is 0 Å². The normalized spacial score (nSPS) is 11.6. The standard InChI is InChI=1S/C24H23FN2O2S/c1-3-22(24(29)26-19-12-10-18(25)11-13-19)30-21-9-5-8-20(15-21)27-23(28)17-7-4-6-16(2)14-17/h4-15,22H,3H2,1-2H3,(H,26,29)(H,27,28). The summed E-state index contributed by atoms with van der Waals surface area (Å²) in [6.07, 6.45) is 0.623. The average molecular weight is 423 g/mol. The Morgan fingerprint density at radius 2 is 1.67 bits per heavy atom. The van der Waals surface area contributed by atoms with Gasteiger partial charge >= 0.3 is 0 Å². The molecule has 0 aliphatic carbocycles. The third kappa shape index (κ3) is 5.94. The van der Waals surface area contributed by atoms with Crippen molar-refractivity contribution in [1.82, 2.24) is 0 Å². The lowest BCUT2D eigenvalue weighted by molar-refractivity contribution is -0.115. The number of aryl methyl sites for hydroxylation is 1. The Kier molecular flexibility index (Phi) is 7.25. The van der Waals surface area contributed by atoms with Crippen LogP contribution in [0.3, 0.4) is 0 Å². The minimum atomic E-state index is -0.348. The van der Waals surface area contributed by atoms with E-state index in [1.165, 1.54) is 36.0 Å². The number of carbonyl (C=O) groups excluding carboxylic acids is 2. The van der Waals surface area contributed by atoms with Gasteiger partial charge in [-0.15, -0.1) is 11.8 Å². The molecule has 6 heteroatoms. The number of benzene rings is 3. The molecule has 154 valence electrons. The van der Waals surface area contributed by atoms with Gasteiger partial charge in [0.05, 0.1) is 5.25 Å². The van der Waals surface area contributed by atoms with Crippen molar-refractivity contribution in [3.05, 3.63) is 89.7 Å². The fourth-order valence-electron chi connectivity index (χ4n) is 2.88. The van der Waals surface area contributed by atoms with Crippen molar-refractivity contribution in [3.8, 4) is 0 Å². The van der Waals surface area contributed by atoms with Crippen LogP contribution in [0.2, 0.25) is 0 Å². The van der Waals surface area contributed by atoms with E-state index in [0.29, 0.717) is 23.4 Å². The molecule has 2 N–H and O–H groups in total. The number of amides is 2. The molecule has 1 unspecified atom stereocenters. The van der Waals surface area contributed by atoms with Crippen molar-refractivity contribution < 1.29 is 14.0 Å². The molecule has 0 heterocycles. The molecule has 0 bridgehead atoms. The molecule has 0 saturated heterocycles. The second kappa shape index (κ2) is 10.1. The zero-order chi connectivity index (χ0) is 21.5. The molecule has 0 aromatic heterocycles. The van der Waals surface area contributed by atoms with Crippen molar-refractivity contribution in [2.75, 3.05) is 10.6 Å². The van der Waals surface area contributed by atoms with E-state index >= 15 is 0 Å². The Labute approximate surface area is 179 Å². The highest BCUT2D eigenvalue weighted by Gasteiger charge is 2.18. The van der Waals surface area contributed by atoms with Gasteiger partial charge in [-0.2, -0.15) is 0 Å². The van der Waals surface area contributed by atoms with Crippen molar-refractivity contribution in [3.63, 3.8) is 0 Å². The highest BCUT2D eigenvalue weighted by atomic mass is 32.2. The highest BCUT2D eigenvalue weighted by molar-refractivity contribution is 8.00. The molecule has 0 aliphatic rings. The van der Waals surface area contributed by atoms with Gasteiger partial charge in [0.25, 0.3) is 5.91 Å². The van der Waals surface area contributed by atoms with Crippen molar-refractivity contribution >= 4 is 35.0 Å². The van der Waals surface area contributed by atoms with E-state index in [4.69, 9.17) is 0 Å². The Balaban J connectivity index is 1.66. The van der Waals surface area contributed by atoms with Crippen LogP contribution in [0.4, 0.5) is 15.8 Å². The lowest BCUT2D eigenvalue weighted by Gasteiger charge is -2.15. The zero-order valence-corrected chi connectivity index (χ0v) is 17.6. The third-order valence-electron chi connectivity index (χ3n) is 4.43. The van der Waals surface area contributed by atoms with E-state index in [1.807, 2.05) is 56.3 Å². The Morgan fingerprint density at radius 3 is 2.37 bits per heavy atom. The summed E-state index contributed by atoms with van der Waals surface area (Å²) in [7, 11) is 0. The topological polar surface area (TPSA) is 58.2 Å². The van der Waals surface area contributed by atoms with E-state index in [-0.39, 0.29) is 22.9 Å². The van der Waals surface area contributed by atoms with Crippen molar-refractivity contribution in [2.24, 2.45) is 0 Å². The lowest BCUT2D eigenvalue weighted by atomic mass is 10.1. The first kappa shape index (κ1) is 21.6. The molecular formula is C24H23FN2O2S. The van der Waals surface area contributed by atoms with Gasteiger partial charge in [-0.05, 0) is 67.9 Å². The number of carbonyl (C=O) groups is 2. The van der Waals surface area contributed by atoms with E-state index < -0.39 is 0 Å². The number of hydrogen-bond donors (Lipinski definition) is 2. The Bertz CT molecular complexity index is 1040. The maximum Gasteiger partial charge on any atom is 0.255 e. The van der Waals surface area contributed by atoms with Crippen LogP contribution < -0.4 is 10.6 Å². The zero-order valence-electron chi connectivity index (χ0n) is 16.8. The fourth-order valence-corrected chi connectivity index (χ4v) is 3.89. The maximum absolute atomic E-state index is 13.0. The van der Waals surface area contributed by atoms with Crippen LogP contribution in [-0.2, 0) is 4.79 Å². The van der Waals surface area contributed by atoms with Gasteiger partial charge in [0.15, 0.2) is 0 Å². The van der Waals surface area contributed by atoms with Crippen LogP contribution in [-0.4, -0.2) is 17.1 Å². The van der Waals surface area contributed by atoms with Crippen LogP contribution >= 0.6 is 11.8 Å². The Morgan fingerprint density at radius 1 is 0.933 bits per heavy atom. The number of nitrogens with one attached hydrogen (secondary N) is 2. The van der Waals surface area contributed by atoms with E-state index in [0.717, 1.165) is 10.5 Å². The van der Waals surface area contributed by atoms with Crippen LogP contribution in [0, 0.1) is 12.7 Å². The SMILES string of the molecule is CCC(Sc1cccc(NC(=O)c2cccc(C)c2)c1)C(=O)Nc1ccc(F)cc1. The summed E-state index contributed by atoms with van der Waals surface area (Å²) < 4.78 is 13.0. The van der Waals surface area contributed by atoms with Crippen LogP contribution in [0.25, 0.3) is 0 Å². The maximum atomic E-state index is 13.0. The first-order valence-corrected chi connectivity index (χ1v) is 10.5. The Hall–Kier alpha value is -3.12. The fraction of sp³-hybridized carbons (Fsp3) is 0.167. The predicted molar refractivity (Wildman–Crippen MR) is 121 cm³/mol. The molecule has 1 atom stereocenters. The smallest absolute Gasteiger partial charge is 0.255 e. The molecule has 4 nitrogen and oxygen atoms in total. The third-order valence-corrected chi connectivity index (χ3v) is 5.78. The molecule has 0 fully saturated rings. The van der Waals surface area contributed by atoms with E-state index in [1.54, 1.807) is 6.07 Å². The molecule has 3 aromatic rings. The molecule has 0 radical (unpaired) electrons. The monoisotopic (exact) mass is 422 g/mol. The number of thioether (sulfide) groups is 1. The highest BCUT2D eigenvalue weighted by Crippen LogP contribution is 2.28. The number of halogens is 1. The van der Waals surface area contributed by atoms with Crippen LogP contribution in [0.1, 0.15) is 29.3 Å². The molecule has 0 aliphatic heterocycles. The first-order valence-electron chi connectivity index (χ1n) is 9.66. The quantitative estimate of drug-likeness (QED) is 0.466. The van der Waals surface area contributed by atoms with Crippen molar-refractivity contribution in [1.29, 1.82) is 0 Å². The molecule has 3 rings (SSSR count). The summed E-state index contributed by atoms with van der Waals surface area (Å²) >= 11 is 1.42. The van der Waals surface area contributed by atoms with Gasteiger partial charge in [-0.25, -0.2) is 4.39 Å². The predicted octanol–water partition coefficient (Wildman–Crippen LogP) is 5.90. The second-order valence-electron chi connectivity index (χ2n) is 6.86. The molecular weight excluding hydrogens is 399 g/mol. The molecule has 2 amide bonds. The minimum absolute atomic E-state index is 0.150. The number of anilines is 2. The first-order chi connectivity index (χ1) is 14.4. The van der Waals surface area contributed by atoms with Gasteiger partial charge in [0.1, 0.15) is 5.82 Å². The summed E-state index contributed by atoms with van der Waals surface area (Å²) in [5, 5.41) is 5.40. The minimum Gasteiger partial charge on any atom is -0.325 e. The van der Waals surface area contributed by atoms with Gasteiger partial charge < -0.3 is 10.6 Å². The lowest BCUT2D eigenvalue weighted by Crippen LogP contribution is -2.24. The van der Waals surface area contributed by atoms with Crippen LogP contribution in [0.15, 0.2) is 77.7 Å². The van der Waals surface area contributed by atoms with Gasteiger partial charge in [-0.3, -0.25) is 9.59 Å². The molecule has 0 saturated carbocycles. The van der Waals surface area contributed by atoms with Gasteiger partial charge in [0, 0.05) is 21.8 Å². The van der Waals surface area contributed by atoms with Gasteiger partial charge in [0.2, 0.25) is 5.91 Å². The molecule has 0 spiro atoms. The largest absolute Gasteiger partial charge is 0.325 e. The average Bonchev–Trinajstić information content (AvgIpc) is 2.74. The van der Waals surface area contributed by atoms with Gasteiger partial charge in [-0.1, -0.05) is 30.7 Å². The summed E-state index contributed by atoms with van der Waals surface area (Å²) in [6.45, 7) is 3.88.